The Morgan fingerprint density at radius 1 is 0.860 bits per heavy atom. The highest BCUT2D eigenvalue weighted by Crippen LogP contribution is 2.70. The van der Waals surface area contributed by atoms with Gasteiger partial charge in [0.1, 0.15) is 55.6 Å². The number of ether oxygens (including phenoxy) is 5. The minimum Gasteiger partial charge on any atom is -0.458 e. The normalized spacial score (nSPS) is 55.0. The SMILES string of the molecule is C[C@@H]1O[C@@H](O[C@H]2CC[C@]3(C=O)[C@H]4CC[C@]5(C)[C@@H](C6=CC(=O)OC6)CC[C@]5(O)[C@@H]4CC[C@]3(O)C2)[C@H](O)[C@H](O)[C@H]1O[C@@H]1O[C@H](CO)[C@@H](O)[C@H](O)[C@H]1O. The number of rotatable bonds is 7. The highest BCUT2D eigenvalue weighted by atomic mass is 16.7. The third kappa shape index (κ3) is 5.37. The van der Waals surface area contributed by atoms with Crippen molar-refractivity contribution in [1.82, 2.24) is 0 Å². The number of cyclic esters (lactones) is 1. The lowest BCUT2D eigenvalue weighted by Gasteiger charge is -2.65. The minimum absolute atomic E-state index is 0.00102. The predicted octanol–water partition coefficient (Wildman–Crippen LogP) is -1.43. The van der Waals surface area contributed by atoms with Crippen LogP contribution in [0.4, 0.5) is 0 Å². The number of carbonyl (C=O) groups is 2. The van der Waals surface area contributed by atoms with Crippen LogP contribution in [0.1, 0.15) is 71.6 Å². The van der Waals surface area contributed by atoms with Crippen molar-refractivity contribution in [2.24, 2.45) is 28.6 Å². The second-order valence-electron chi connectivity index (χ2n) is 16.2. The average molecular weight is 713 g/mol. The van der Waals surface area contributed by atoms with Gasteiger partial charge in [-0.15, -0.1) is 0 Å². The summed E-state index contributed by atoms with van der Waals surface area (Å²) in [5, 5.41) is 87.0. The summed E-state index contributed by atoms with van der Waals surface area (Å²) in [4.78, 5) is 25.1. The second-order valence-corrected chi connectivity index (χ2v) is 16.2. The molecule has 0 radical (unpaired) electrons. The van der Waals surface area contributed by atoms with Crippen molar-refractivity contribution in [3.63, 3.8) is 0 Å². The van der Waals surface area contributed by atoms with Crippen LogP contribution in [0.2, 0.25) is 0 Å². The molecule has 0 aromatic heterocycles. The summed E-state index contributed by atoms with van der Waals surface area (Å²) in [6.45, 7) is 3.22. The van der Waals surface area contributed by atoms with Crippen molar-refractivity contribution < 1.29 is 74.1 Å². The molecule has 0 aromatic rings. The van der Waals surface area contributed by atoms with Gasteiger partial charge in [-0.05, 0) is 81.6 Å². The van der Waals surface area contributed by atoms with E-state index in [0.717, 1.165) is 18.3 Å². The molecule has 0 aromatic carbocycles. The van der Waals surface area contributed by atoms with Crippen LogP contribution in [-0.4, -0.2) is 145 Å². The Bertz CT molecular complexity index is 1340. The van der Waals surface area contributed by atoms with Crippen molar-refractivity contribution >= 4 is 12.3 Å². The van der Waals surface area contributed by atoms with Crippen molar-refractivity contribution in [2.75, 3.05) is 13.2 Å². The van der Waals surface area contributed by atoms with Gasteiger partial charge in [0.25, 0.3) is 0 Å². The summed E-state index contributed by atoms with van der Waals surface area (Å²) in [6.07, 6.45) is -8.63. The fourth-order valence-corrected chi connectivity index (χ4v) is 11.3. The van der Waals surface area contributed by atoms with Crippen LogP contribution in [0.25, 0.3) is 0 Å². The van der Waals surface area contributed by atoms with Crippen molar-refractivity contribution in [1.29, 1.82) is 0 Å². The lowest BCUT2D eigenvalue weighted by atomic mass is 9.41. The van der Waals surface area contributed by atoms with Gasteiger partial charge >= 0.3 is 5.97 Å². The second kappa shape index (κ2) is 13.1. The fourth-order valence-electron chi connectivity index (χ4n) is 11.3. The molecule has 4 aliphatic carbocycles. The van der Waals surface area contributed by atoms with Crippen molar-refractivity contribution in [3.05, 3.63) is 11.6 Å². The van der Waals surface area contributed by atoms with Crippen LogP contribution in [0.3, 0.4) is 0 Å². The minimum atomic E-state index is -1.71. The van der Waals surface area contributed by atoms with Gasteiger partial charge in [0.15, 0.2) is 12.6 Å². The lowest BCUT2D eigenvalue weighted by molar-refractivity contribution is -0.361. The molecule has 7 rings (SSSR count). The summed E-state index contributed by atoms with van der Waals surface area (Å²) >= 11 is 0. The number of hydrogen-bond acceptors (Lipinski definition) is 15. The fraction of sp³-hybridized carbons (Fsp3) is 0.886. The van der Waals surface area contributed by atoms with E-state index in [1.165, 1.54) is 0 Å². The van der Waals surface area contributed by atoms with Crippen LogP contribution in [-0.2, 0) is 33.3 Å². The van der Waals surface area contributed by atoms with E-state index in [9.17, 15) is 50.4 Å². The zero-order chi connectivity index (χ0) is 36.0. The van der Waals surface area contributed by atoms with Crippen LogP contribution in [0.15, 0.2) is 11.6 Å². The molecular weight excluding hydrogens is 660 g/mol. The zero-order valence-electron chi connectivity index (χ0n) is 28.5. The van der Waals surface area contributed by atoms with Gasteiger partial charge in [0.2, 0.25) is 0 Å². The Morgan fingerprint density at radius 3 is 2.24 bits per heavy atom. The molecule has 0 unspecified atom stereocenters. The summed E-state index contributed by atoms with van der Waals surface area (Å²) in [5.74, 6) is -0.830. The molecule has 3 aliphatic heterocycles. The van der Waals surface area contributed by atoms with Crippen LogP contribution in [0.5, 0.6) is 0 Å². The first kappa shape index (κ1) is 36.7. The van der Waals surface area contributed by atoms with Crippen molar-refractivity contribution in [3.8, 4) is 0 Å². The largest absolute Gasteiger partial charge is 0.458 e. The molecule has 50 heavy (non-hydrogen) atoms. The van der Waals surface area contributed by atoms with Gasteiger partial charge in [-0.2, -0.15) is 0 Å². The molecule has 282 valence electrons. The van der Waals surface area contributed by atoms with Gasteiger partial charge in [0.05, 0.1) is 35.4 Å². The number of fused-ring (bicyclic) bond motifs is 5. The maximum absolute atomic E-state index is 13.2. The molecule has 8 N–H and O–H groups in total. The molecule has 0 spiro atoms. The Morgan fingerprint density at radius 2 is 1.56 bits per heavy atom. The average Bonchev–Trinajstić information content (AvgIpc) is 3.64. The molecule has 4 saturated carbocycles. The smallest absolute Gasteiger partial charge is 0.331 e. The van der Waals surface area contributed by atoms with Crippen LogP contribution in [0, 0.1) is 28.6 Å². The predicted molar refractivity (Wildman–Crippen MR) is 167 cm³/mol. The molecule has 15 nitrogen and oxygen atoms in total. The molecule has 7 aliphatic rings. The Hall–Kier alpha value is -1.60. The van der Waals surface area contributed by atoms with Gasteiger partial charge in [-0.25, -0.2) is 4.79 Å². The number of aliphatic hydroxyl groups excluding tert-OH is 6. The Labute approximate surface area is 290 Å². The first-order valence-corrected chi connectivity index (χ1v) is 18.0. The van der Waals surface area contributed by atoms with Gasteiger partial charge in [-0.3, -0.25) is 0 Å². The number of esters is 1. The highest BCUT2D eigenvalue weighted by molar-refractivity contribution is 5.85. The monoisotopic (exact) mass is 712 g/mol. The van der Waals surface area contributed by atoms with Gasteiger partial charge in [-0.1, -0.05) is 6.92 Å². The molecular formula is C35H52O15. The van der Waals surface area contributed by atoms with Crippen molar-refractivity contribution in [2.45, 2.75) is 150 Å². The molecule has 18 atom stereocenters. The van der Waals surface area contributed by atoms with E-state index in [1.54, 1.807) is 13.0 Å². The topological polar surface area (TPSA) is 242 Å². The number of carbonyl (C=O) groups excluding carboxylic acids is 2. The quantitative estimate of drug-likeness (QED) is 0.0858. The molecule has 15 heteroatoms. The number of aliphatic hydroxyl groups is 8. The van der Waals surface area contributed by atoms with Crippen LogP contribution >= 0.6 is 0 Å². The first-order valence-electron chi connectivity index (χ1n) is 18.0. The van der Waals surface area contributed by atoms with Gasteiger partial charge in [0, 0.05) is 17.9 Å². The highest BCUT2D eigenvalue weighted by Gasteiger charge is 2.71. The lowest BCUT2D eigenvalue weighted by Crippen LogP contribution is -2.69. The Balaban J connectivity index is 1.02. The maximum atomic E-state index is 13.2. The molecule has 0 bridgehead atoms. The number of aldehydes is 1. The van der Waals surface area contributed by atoms with Crippen LogP contribution < -0.4 is 0 Å². The zero-order valence-corrected chi connectivity index (χ0v) is 28.5. The first-order chi connectivity index (χ1) is 23.6. The summed E-state index contributed by atoms with van der Waals surface area (Å²) in [6, 6.07) is 0. The van der Waals surface area contributed by atoms with E-state index in [1.807, 2.05) is 0 Å². The van der Waals surface area contributed by atoms with E-state index in [0.29, 0.717) is 38.5 Å². The maximum Gasteiger partial charge on any atom is 0.331 e. The molecule has 3 heterocycles. The third-order valence-corrected chi connectivity index (χ3v) is 14.1. The Kier molecular flexibility index (Phi) is 9.60. The third-order valence-electron chi connectivity index (χ3n) is 14.1. The van der Waals surface area contributed by atoms with E-state index >= 15 is 0 Å². The van der Waals surface area contributed by atoms with E-state index in [2.05, 4.69) is 6.92 Å². The summed E-state index contributed by atoms with van der Waals surface area (Å²) in [5.41, 5.74) is -3.20. The van der Waals surface area contributed by atoms with Gasteiger partial charge < -0.3 is 69.3 Å². The molecule has 2 saturated heterocycles. The van der Waals surface area contributed by atoms with E-state index in [4.69, 9.17) is 23.7 Å². The van der Waals surface area contributed by atoms with E-state index in [-0.39, 0.29) is 43.2 Å². The standard InChI is InChI=1S/C35H52O15/c1-16-29(50-31-27(42)25(40)24(39)22(13-36)49-31)26(41)28(43)30(47-16)48-18-3-8-33(15-37)20-4-7-32(2)19(17-11-23(38)46-14-17)6-10-35(32,45)21(20)5-9-34(33,44)12-18/h11,15-16,18-22,24-31,36,39-45H,3-10,12-14H2,1-2H3/t16-,18-,19+,20-,21+,22+,24+,25-,26-,27+,28+,29-,30-,31-,32+,33-,34-,35-/m0/s1. The number of hydrogen-bond donors (Lipinski definition) is 8. The van der Waals surface area contributed by atoms with E-state index < -0.39 is 96.2 Å². The summed E-state index contributed by atoms with van der Waals surface area (Å²) < 4.78 is 28.4. The molecule has 0 amide bonds. The molecule has 6 fully saturated rings. The summed E-state index contributed by atoms with van der Waals surface area (Å²) in [7, 11) is 0.